The van der Waals surface area contributed by atoms with Gasteiger partial charge in [-0.15, -0.1) is 0 Å². The first-order chi connectivity index (χ1) is 9.48. The maximum absolute atomic E-state index is 12.4. The summed E-state index contributed by atoms with van der Waals surface area (Å²) in [6.07, 6.45) is 8.00. The maximum atomic E-state index is 12.4. The van der Waals surface area contributed by atoms with Crippen LogP contribution >= 0.6 is 0 Å². The van der Waals surface area contributed by atoms with Crippen LogP contribution < -0.4 is 5.73 Å². The van der Waals surface area contributed by atoms with Crippen LogP contribution in [0.1, 0.15) is 71.3 Å². The number of rotatable bonds is 9. The number of carbonyl (C=O) groups excluding carboxylic acids is 1. The van der Waals surface area contributed by atoms with Gasteiger partial charge in [0.15, 0.2) is 0 Å². The molecule has 0 spiro atoms. The minimum Gasteiger partial charge on any atom is -0.399 e. The minimum atomic E-state index is -0.406. The number of hydrogen-bond acceptors (Lipinski definition) is 2. The Morgan fingerprint density at radius 2 is 1.55 bits per heavy atom. The Morgan fingerprint density at radius 1 is 1.00 bits per heavy atom. The summed E-state index contributed by atoms with van der Waals surface area (Å²) in [5.74, 6) is 0.331. The highest BCUT2D eigenvalue weighted by Crippen LogP contribution is 2.27. The highest BCUT2D eigenvalue weighted by molar-refractivity contribution is 5.89. The molecule has 0 aromatic heterocycles. The predicted molar refractivity (Wildman–Crippen MR) is 86.9 cm³/mol. The van der Waals surface area contributed by atoms with Crippen LogP contribution in [0.3, 0.4) is 0 Å². The molecular formula is C18H29NO. The zero-order valence-corrected chi connectivity index (χ0v) is 13.2. The van der Waals surface area contributed by atoms with Crippen molar-refractivity contribution < 1.29 is 4.79 Å². The smallest absolute Gasteiger partial charge is 0.142 e. The van der Waals surface area contributed by atoms with Crippen molar-refractivity contribution in [3.8, 4) is 0 Å². The van der Waals surface area contributed by atoms with Crippen LogP contribution in [0.15, 0.2) is 24.3 Å². The lowest BCUT2D eigenvalue weighted by atomic mass is 9.79. The number of anilines is 1. The first kappa shape index (κ1) is 16.7. The van der Waals surface area contributed by atoms with E-state index in [2.05, 4.69) is 6.92 Å². The average molecular weight is 275 g/mol. The molecule has 0 saturated heterocycles. The number of unbranched alkanes of at least 4 members (excludes halogenated alkanes) is 5. The molecule has 0 atom stereocenters. The summed E-state index contributed by atoms with van der Waals surface area (Å²) in [7, 11) is 0. The van der Waals surface area contributed by atoms with E-state index < -0.39 is 5.41 Å². The second kappa shape index (κ2) is 8.08. The van der Waals surface area contributed by atoms with E-state index >= 15 is 0 Å². The Hall–Kier alpha value is -1.31. The van der Waals surface area contributed by atoms with Gasteiger partial charge in [0.2, 0.25) is 0 Å². The molecule has 1 aromatic carbocycles. The predicted octanol–water partition coefficient (Wildman–Crippen LogP) is 4.87. The fourth-order valence-corrected chi connectivity index (χ4v) is 2.44. The van der Waals surface area contributed by atoms with E-state index in [-0.39, 0.29) is 0 Å². The van der Waals surface area contributed by atoms with Crippen molar-refractivity contribution >= 4 is 11.5 Å². The van der Waals surface area contributed by atoms with Crippen molar-refractivity contribution in [2.75, 3.05) is 5.73 Å². The summed E-state index contributed by atoms with van der Waals surface area (Å²) in [6, 6.07) is 7.67. The van der Waals surface area contributed by atoms with E-state index in [1.165, 1.54) is 32.1 Å². The van der Waals surface area contributed by atoms with Crippen LogP contribution in [0.2, 0.25) is 0 Å². The van der Waals surface area contributed by atoms with E-state index in [1.807, 2.05) is 38.1 Å². The van der Waals surface area contributed by atoms with Gasteiger partial charge >= 0.3 is 0 Å². The molecule has 0 fully saturated rings. The van der Waals surface area contributed by atoms with Crippen LogP contribution in [0.25, 0.3) is 0 Å². The molecule has 0 amide bonds. The molecule has 2 nitrogen and oxygen atoms in total. The summed E-state index contributed by atoms with van der Waals surface area (Å²) < 4.78 is 0. The third-order valence-corrected chi connectivity index (χ3v) is 4.09. The molecule has 0 saturated carbocycles. The van der Waals surface area contributed by atoms with Gasteiger partial charge in [0.1, 0.15) is 5.78 Å². The molecule has 1 rings (SSSR count). The largest absolute Gasteiger partial charge is 0.399 e. The monoisotopic (exact) mass is 275 g/mol. The molecule has 0 radical (unpaired) electrons. The molecular weight excluding hydrogens is 246 g/mol. The van der Waals surface area contributed by atoms with Gasteiger partial charge in [-0.2, -0.15) is 0 Å². The fourth-order valence-electron chi connectivity index (χ4n) is 2.44. The Bertz CT molecular complexity index is 406. The SMILES string of the molecule is CCCCCCCCC(=O)C(C)(C)c1ccc(N)cc1. The lowest BCUT2D eigenvalue weighted by Gasteiger charge is -2.24. The molecule has 2 N–H and O–H groups in total. The zero-order valence-electron chi connectivity index (χ0n) is 13.2. The summed E-state index contributed by atoms with van der Waals surface area (Å²) in [4.78, 5) is 12.4. The number of benzene rings is 1. The summed E-state index contributed by atoms with van der Waals surface area (Å²) in [5.41, 5.74) is 7.10. The molecule has 0 unspecified atom stereocenters. The molecule has 20 heavy (non-hydrogen) atoms. The van der Waals surface area contributed by atoms with Crippen molar-refractivity contribution in [1.82, 2.24) is 0 Å². The standard InChI is InChI=1S/C18H29NO/c1-4-5-6-7-8-9-10-17(20)18(2,3)15-11-13-16(19)14-12-15/h11-14H,4-10,19H2,1-3H3. The number of ketones is 1. The Labute approximate surface area is 123 Å². The van der Waals surface area contributed by atoms with Crippen molar-refractivity contribution in [3.63, 3.8) is 0 Å². The van der Waals surface area contributed by atoms with Crippen LogP contribution in [-0.4, -0.2) is 5.78 Å². The molecule has 0 aliphatic heterocycles. The molecule has 112 valence electrons. The number of Topliss-reactive ketones (excluding diaryl/α,β-unsaturated/α-hetero) is 1. The quantitative estimate of drug-likeness (QED) is 0.516. The third kappa shape index (κ3) is 4.99. The molecule has 0 bridgehead atoms. The van der Waals surface area contributed by atoms with E-state index in [0.717, 1.165) is 17.7 Å². The van der Waals surface area contributed by atoms with Gasteiger partial charge in [-0.3, -0.25) is 4.79 Å². The van der Waals surface area contributed by atoms with Crippen LogP contribution in [0.5, 0.6) is 0 Å². The van der Waals surface area contributed by atoms with E-state index in [9.17, 15) is 4.79 Å². The van der Waals surface area contributed by atoms with Crippen molar-refractivity contribution in [2.24, 2.45) is 0 Å². The summed E-state index contributed by atoms with van der Waals surface area (Å²) in [6.45, 7) is 6.24. The van der Waals surface area contributed by atoms with E-state index in [4.69, 9.17) is 5.73 Å². The van der Waals surface area contributed by atoms with Crippen LogP contribution in [0.4, 0.5) is 5.69 Å². The lowest BCUT2D eigenvalue weighted by molar-refractivity contribution is -0.123. The van der Waals surface area contributed by atoms with E-state index in [1.54, 1.807) is 0 Å². The zero-order chi connectivity index (χ0) is 15.0. The highest BCUT2D eigenvalue weighted by atomic mass is 16.1. The number of carbonyl (C=O) groups is 1. The van der Waals surface area contributed by atoms with Crippen LogP contribution in [-0.2, 0) is 10.2 Å². The summed E-state index contributed by atoms with van der Waals surface area (Å²) >= 11 is 0. The van der Waals surface area contributed by atoms with E-state index in [0.29, 0.717) is 12.2 Å². The topological polar surface area (TPSA) is 43.1 Å². The molecule has 1 aromatic rings. The first-order valence-electron chi connectivity index (χ1n) is 7.87. The van der Waals surface area contributed by atoms with Crippen molar-refractivity contribution in [3.05, 3.63) is 29.8 Å². The molecule has 2 heteroatoms. The Kier molecular flexibility index (Phi) is 6.77. The summed E-state index contributed by atoms with van der Waals surface area (Å²) in [5, 5.41) is 0. The average Bonchev–Trinajstić information content (AvgIpc) is 2.43. The highest BCUT2D eigenvalue weighted by Gasteiger charge is 2.28. The number of hydrogen-bond donors (Lipinski definition) is 1. The first-order valence-corrected chi connectivity index (χ1v) is 7.87. The van der Waals surface area contributed by atoms with Crippen molar-refractivity contribution in [2.45, 2.75) is 71.1 Å². The third-order valence-electron chi connectivity index (χ3n) is 4.09. The van der Waals surface area contributed by atoms with Gasteiger partial charge in [0, 0.05) is 17.5 Å². The molecule has 0 aliphatic carbocycles. The van der Waals surface area contributed by atoms with Gasteiger partial charge < -0.3 is 5.73 Å². The number of nitrogen functional groups attached to an aromatic ring is 1. The van der Waals surface area contributed by atoms with Crippen molar-refractivity contribution in [1.29, 1.82) is 0 Å². The molecule has 0 heterocycles. The van der Waals surface area contributed by atoms with Gasteiger partial charge in [0.25, 0.3) is 0 Å². The lowest BCUT2D eigenvalue weighted by Crippen LogP contribution is -2.28. The second-order valence-electron chi connectivity index (χ2n) is 6.19. The molecule has 0 aliphatic rings. The Morgan fingerprint density at radius 3 is 2.15 bits per heavy atom. The minimum absolute atomic E-state index is 0.331. The van der Waals surface area contributed by atoms with Gasteiger partial charge in [-0.1, -0.05) is 51.2 Å². The maximum Gasteiger partial charge on any atom is 0.142 e. The van der Waals surface area contributed by atoms with Gasteiger partial charge in [-0.05, 0) is 38.0 Å². The Balaban J connectivity index is 2.43. The van der Waals surface area contributed by atoms with Crippen LogP contribution in [0, 0.1) is 0 Å². The van der Waals surface area contributed by atoms with Gasteiger partial charge in [-0.25, -0.2) is 0 Å². The fraction of sp³-hybridized carbons (Fsp3) is 0.611. The normalized spacial score (nSPS) is 11.6. The van der Waals surface area contributed by atoms with Gasteiger partial charge in [0.05, 0.1) is 0 Å². The second-order valence-corrected chi connectivity index (χ2v) is 6.19. The number of nitrogens with two attached hydrogens (primary N) is 1.